The van der Waals surface area contributed by atoms with Crippen LogP contribution in [0.2, 0.25) is 0 Å². The average molecular weight is 697 g/mol. The molecule has 2 heterocycles. The number of carbonyl (C=O) groups excluding carboxylic acids is 1. The molecule has 0 spiro atoms. The van der Waals surface area contributed by atoms with Crippen molar-refractivity contribution in [3.8, 4) is 5.75 Å². The van der Waals surface area contributed by atoms with Gasteiger partial charge in [0.05, 0.1) is 25.0 Å². The molecule has 48 heavy (non-hydrogen) atoms. The van der Waals surface area contributed by atoms with E-state index in [1.165, 1.54) is 59.4 Å². The predicted octanol–water partition coefficient (Wildman–Crippen LogP) is 6.21. The van der Waals surface area contributed by atoms with Crippen LogP contribution in [0, 0.1) is 11.6 Å². The van der Waals surface area contributed by atoms with E-state index in [-0.39, 0.29) is 36.3 Å². The zero-order chi connectivity index (χ0) is 34.5. The topological polar surface area (TPSA) is 108 Å². The van der Waals surface area contributed by atoms with Crippen molar-refractivity contribution in [1.29, 1.82) is 0 Å². The van der Waals surface area contributed by atoms with Crippen LogP contribution in [0.1, 0.15) is 34.7 Å². The summed E-state index contributed by atoms with van der Waals surface area (Å²) in [6.07, 6.45) is -1.91. The molecule has 3 aromatic carbocycles. The number of benzene rings is 3. The fourth-order valence-electron chi connectivity index (χ4n) is 4.86. The third-order valence-corrected chi connectivity index (χ3v) is 8.97. The molecule has 2 unspecified atom stereocenters. The SMILES string of the molecule is CC(SC1COC(c2ccc(C(=O)Nc3ccc(OCC(F)(F)C(F)F)cc3)cc2)OC1)C(O)(Cn1cncn1)c1ccc(F)cc1F. The van der Waals surface area contributed by atoms with Crippen LogP contribution in [-0.4, -0.2) is 68.4 Å². The lowest BCUT2D eigenvalue weighted by atomic mass is 9.90. The molecule has 0 aliphatic carbocycles. The lowest BCUT2D eigenvalue weighted by Gasteiger charge is -2.37. The third kappa shape index (κ3) is 8.47. The highest BCUT2D eigenvalue weighted by Crippen LogP contribution is 2.39. The van der Waals surface area contributed by atoms with Crippen LogP contribution >= 0.6 is 11.8 Å². The van der Waals surface area contributed by atoms with Gasteiger partial charge in [0.1, 0.15) is 35.6 Å². The van der Waals surface area contributed by atoms with Crippen LogP contribution in [0.15, 0.2) is 79.4 Å². The Bertz CT molecular complexity index is 1660. The van der Waals surface area contributed by atoms with Gasteiger partial charge in [-0.05, 0) is 42.5 Å². The minimum absolute atomic E-state index is 0.0653. The molecule has 1 amide bonds. The Morgan fingerprint density at radius 1 is 1.08 bits per heavy atom. The zero-order valence-corrected chi connectivity index (χ0v) is 26.1. The molecule has 5 rings (SSSR count). The van der Waals surface area contributed by atoms with E-state index in [0.717, 1.165) is 12.1 Å². The molecule has 9 nitrogen and oxygen atoms in total. The van der Waals surface area contributed by atoms with Gasteiger partial charge in [0, 0.05) is 33.7 Å². The number of nitrogens with zero attached hydrogens (tertiary/aromatic N) is 3. The summed E-state index contributed by atoms with van der Waals surface area (Å²) < 4.78 is 97.2. The van der Waals surface area contributed by atoms with Gasteiger partial charge in [0.25, 0.3) is 5.91 Å². The molecule has 4 aromatic rings. The number of aromatic nitrogens is 3. The maximum Gasteiger partial charge on any atom is 0.340 e. The highest BCUT2D eigenvalue weighted by atomic mass is 32.2. The summed E-state index contributed by atoms with van der Waals surface area (Å²) in [5, 5.41) is 17.6. The highest BCUT2D eigenvalue weighted by molar-refractivity contribution is 8.00. The summed E-state index contributed by atoms with van der Waals surface area (Å²) in [6.45, 7) is 0.564. The summed E-state index contributed by atoms with van der Waals surface area (Å²) in [7, 11) is 0. The largest absolute Gasteiger partial charge is 0.487 e. The van der Waals surface area contributed by atoms with Gasteiger partial charge in [0.2, 0.25) is 0 Å². The molecular weight excluding hydrogens is 666 g/mol. The van der Waals surface area contributed by atoms with Crippen molar-refractivity contribution in [2.24, 2.45) is 0 Å². The molecule has 1 aromatic heterocycles. The van der Waals surface area contributed by atoms with Crippen molar-refractivity contribution in [3.05, 3.63) is 108 Å². The molecule has 2 N–H and O–H groups in total. The van der Waals surface area contributed by atoms with Gasteiger partial charge in [-0.15, -0.1) is 11.8 Å². The maximum absolute atomic E-state index is 14.9. The first-order chi connectivity index (χ1) is 22.8. The Hall–Kier alpha value is -4.12. The number of alkyl halides is 4. The number of anilines is 1. The minimum Gasteiger partial charge on any atom is -0.487 e. The Morgan fingerprint density at radius 2 is 1.77 bits per heavy atom. The fourth-order valence-corrected chi connectivity index (χ4v) is 6.18. The number of amides is 1. The quantitative estimate of drug-likeness (QED) is 0.159. The molecule has 2 atom stereocenters. The van der Waals surface area contributed by atoms with Crippen LogP contribution in [0.25, 0.3) is 0 Å². The van der Waals surface area contributed by atoms with E-state index in [1.807, 2.05) is 0 Å². The van der Waals surface area contributed by atoms with Crippen molar-refractivity contribution in [2.75, 3.05) is 25.1 Å². The minimum atomic E-state index is -4.29. The van der Waals surface area contributed by atoms with Crippen molar-refractivity contribution in [3.63, 3.8) is 0 Å². The van der Waals surface area contributed by atoms with Gasteiger partial charge < -0.3 is 24.6 Å². The maximum atomic E-state index is 14.9. The van der Waals surface area contributed by atoms with E-state index in [0.29, 0.717) is 16.8 Å². The Balaban J connectivity index is 1.14. The van der Waals surface area contributed by atoms with Gasteiger partial charge in [-0.1, -0.05) is 25.1 Å². The lowest BCUT2D eigenvalue weighted by molar-refractivity contribution is -0.180. The second-order valence-electron chi connectivity index (χ2n) is 11.0. The molecule has 1 saturated heterocycles. The van der Waals surface area contributed by atoms with Gasteiger partial charge in [-0.2, -0.15) is 13.9 Å². The molecular formula is C32H30F6N4O5S. The highest BCUT2D eigenvalue weighted by Gasteiger charge is 2.42. The number of ether oxygens (including phenoxy) is 3. The Morgan fingerprint density at radius 3 is 2.38 bits per heavy atom. The van der Waals surface area contributed by atoms with E-state index >= 15 is 0 Å². The Kier molecular flexibility index (Phi) is 11.0. The van der Waals surface area contributed by atoms with E-state index in [2.05, 4.69) is 15.4 Å². The number of hydrogen-bond acceptors (Lipinski definition) is 8. The summed E-state index contributed by atoms with van der Waals surface area (Å²) in [5.41, 5.74) is -0.605. The molecule has 0 saturated carbocycles. The molecule has 1 fully saturated rings. The third-order valence-electron chi connectivity index (χ3n) is 7.51. The first kappa shape index (κ1) is 35.2. The van der Waals surface area contributed by atoms with Crippen LogP contribution in [0.5, 0.6) is 5.75 Å². The van der Waals surface area contributed by atoms with Crippen molar-refractivity contribution in [2.45, 2.75) is 48.2 Å². The average Bonchev–Trinajstić information content (AvgIpc) is 3.57. The molecule has 16 heteroatoms. The number of thioether (sulfide) groups is 1. The van der Waals surface area contributed by atoms with Gasteiger partial charge >= 0.3 is 12.3 Å². The van der Waals surface area contributed by atoms with Crippen LogP contribution < -0.4 is 10.1 Å². The number of hydrogen-bond donors (Lipinski definition) is 2. The normalized spacial score (nSPS) is 18.7. The molecule has 1 aliphatic heterocycles. The van der Waals surface area contributed by atoms with Crippen LogP contribution in [0.4, 0.5) is 32.0 Å². The smallest absolute Gasteiger partial charge is 0.340 e. The van der Waals surface area contributed by atoms with Gasteiger partial charge in [-0.3, -0.25) is 4.79 Å². The van der Waals surface area contributed by atoms with Crippen LogP contribution in [-0.2, 0) is 21.6 Å². The number of carbonyl (C=O) groups is 1. The van der Waals surface area contributed by atoms with Crippen molar-refractivity contribution in [1.82, 2.24) is 14.8 Å². The second kappa shape index (κ2) is 15.0. The fraction of sp³-hybridized carbons (Fsp3) is 0.344. The number of rotatable bonds is 13. The standard InChI is InChI=1S/C32H30F6N4O5S/c1-19(31(44,15-42-18-39-17-40-42)26-11-6-22(33)12-27(26)34)48-25-13-45-29(46-14-25)21-4-2-20(3-5-21)28(43)41-23-7-9-24(10-8-23)47-16-32(37,38)30(35)36/h2-12,17-19,25,29-30,44H,13-16H2,1H3,(H,41,43). The summed E-state index contributed by atoms with van der Waals surface area (Å²) in [6, 6.07) is 14.7. The number of nitrogens with one attached hydrogen (secondary N) is 1. The Labute approximate surface area is 275 Å². The van der Waals surface area contributed by atoms with E-state index in [4.69, 9.17) is 14.2 Å². The van der Waals surface area contributed by atoms with E-state index in [9.17, 15) is 36.2 Å². The number of aliphatic hydroxyl groups is 1. The van der Waals surface area contributed by atoms with Crippen molar-refractivity contribution >= 4 is 23.4 Å². The second-order valence-corrected chi connectivity index (χ2v) is 12.6. The molecule has 256 valence electrons. The van der Waals surface area contributed by atoms with E-state index in [1.54, 1.807) is 31.2 Å². The number of halogens is 6. The summed E-state index contributed by atoms with van der Waals surface area (Å²) in [5.74, 6) is -6.47. The summed E-state index contributed by atoms with van der Waals surface area (Å²) in [4.78, 5) is 16.6. The van der Waals surface area contributed by atoms with E-state index < -0.39 is 53.6 Å². The molecule has 0 radical (unpaired) electrons. The predicted molar refractivity (Wildman–Crippen MR) is 163 cm³/mol. The zero-order valence-electron chi connectivity index (χ0n) is 25.2. The lowest BCUT2D eigenvalue weighted by Crippen LogP contribution is -2.43. The van der Waals surface area contributed by atoms with Crippen LogP contribution in [0.3, 0.4) is 0 Å². The molecule has 1 aliphatic rings. The monoisotopic (exact) mass is 696 g/mol. The van der Waals surface area contributed by atoms with Gasteiger partial charge in [0.15, 0.2) is 12.9 Å². The van der Waals surface area contributed by atoms with Crippen molar-refractivity contribution < 1.29 is 50.5 Å². The summed E-state index contributed by atoms with van der Waals surface area (Å²) >= 11 is 1.32. The first-order valence-electron chi connectivity index (χ1n) is 14.5. The van der Waals surface area contributed by atoms with Gasteiger partial charge in [-0.25, -0.2) is 27.2 Å². The first-order valence-corrected chi connectivity index (χ1v) is 15.5. The molecule has 0 bridgehead atoms.